The van der Waals surface area contributed by atoms with E-state index in [1.54, 1.807) is 6.07 Å². The average Bonchev–Trinajstić information content (AvgIpc) is 2.84. The van der Waals surface area contributed by atoms with E-state index in [0.29, 0.717) is 28.5 Å². The molecule has 1 saturated heterocycles. The van der Waals surface area contributed by atoms with Crippen molar-refractivity contribution >= 4 is 35.0 Å². The molecule has 0 amide bonds. The van der Waals surface area contributed by atoms with Gasteiger partial charge in [0.05, 0.1) is 5.71 Å². The van der Waals surface area contributed by atoms with Gasteiger partial charge in [-0.05, 0) is 54.2 Å². The van der Waals surface area contributed by atoms with Crippen molar-refractivity contribution in [2.75, 3.05) is 39.3 Å². The van der Waals surface area contributed by atoms with Crippen molar-refractivity contribution in [2.24, 2.45) is 17.0 Å². The van der Waals surface area contributed by atoms with Gasteiger partial charge in [-0.3, -0.25) is 4.90 Å². The van der Waals surface area contributed by atoms with Gasteiger partial charge in [-0.2, -0.15) is 0 Å². The van der Waals surface area contributed by atoms with Crippen molar-refractivity contribution in [3.63, 3.8) is 0 Å². The zero-order valence-electron chi connectivity index (χ0n) is 20.9. The molecule has 2 atom stereocenters. The Hall–Kier alpha value is -1.85. The van der Waals surface area contributed by atoms with Gasteiger partial charge in [-0.1, -0.05) is 78.6 Å². The number of piperazine rings is 1. The number of benzene rings is 2. The smallest absolute Gasteiger partial charge is 0.120 e. The molecular formula is C29H37Cl2N3O. The minimum absolute atomic E-state index is 0.383. The van der Waals surface area contributed by atoms with Crippen molar-refractivity contribution < 1.29 is 4.84 Å². The third kappa shape index (κ3) is 7.82. The monoisotopic (exact) mass is 513 g/mol. The Morgan fingerprint density at radius 3 is 2.54 bits per heavy atom. The van der Waals surface area contributed by atoms with Crippen LogP contribution < -0.4 is 0 Å². The van der Waals surface area contributed by atoms with Crippen molar-refractivity contribution in [3.8, 4) is 0 Å². The molecule has 1 aliphatic carbocycles. The van der Waals surface area contributed by atoms with Crippen molar-refractivity contribution in [1.82, 2.24) is 9.80 Å². The van der Waals surface area contributed by atoms with Crippen LogP contribution in [0.1, 0.15) is 44.2 Å². The van der Waals surface area contributed by atoms with Crippen LogP contribution in [-0.4, -0.2) is 54.8 Å². The molecule has 0 bridgehead atoms. The number of hydrogen-bond acceptors (Lipinski definition) is 4. The van der Waals surface area contributed by atoms with Gasteiger partial charge in [-0.15, -0.1) is 0 Å². The topological polar surface area (TPSA) is 28.1 Å². The third-order valence-corrected chi connectivity index (χ3v) is 7.54. The van der Waals surface area contributed by atoms with E-state index < -0.39 is 0 Å². The molecule has 4 rings (SSSR count). The maximum absolute atomic E-state index is 6.41. The molecule has 2 aromatic rings. The lowest BCUT2D eigenvalue weighted by atomic mass is 9.84. The van der Waals surface area contributed by atoms with Crippen molar-refractivity contribution in [3.05, 3.63) is 75.3 Å². The largest absolute Gasteiger partial charge is 0.395 e. The summed E-state index contributed by atoms with van der Waals surface area (Å²) >= 11 is 12.5. The van der Waals surface area contributed by atoms with Crippen LogP contribution in [0.25, 0.3) is 6.08 Å². The fraction of sp³-hybridized carbons (Fsp3) is 0.483. The molecule has 2 unspecified atom stereocenters. The second-order valence-corrected chi connectivity index (χ2v) is 10.9. The summed E-state index contributed by atoms with van der Waals surface area (Å²) in [5, 5.41) is 5.95. The Morgan fingerprint density at radius 2 is 1.80 bits per heavy atom. The van der Waals surface area contributed by atoms with Crippen LogP contribution in [-0.2, 0) is 11.4 Å². The Bertz CT molecular complexity index is 1020. The first-order valence-corrected chi connectivity index (χ1v) is 13.6. The molecule has 0 radical (unpaired) electrons. The maximum Gasteiger partial charge on any atom is 0.120 e. The van der Waals surface area contributed by atoms with Gasteiger partial charge in [0.1, 0.15) is 6.61 Å². The van der Waals surface area contributed by atoms with Gasteiger partial charge in [0.25, 0.3) is 0 Å². The molecule has 1 heterocycles. The normalized spacial score (nSPS) is 23.0. The number of rotatable bonds is 8. The van der Waals surface area contributed by atoms with Crippen LogP contribution in [0.2, 0.25) is 10.0 Å². The Morgan fingerprint density at radius 1 is 1.06 bits per heavy atom. The number of hydrogen-bond donors (Lipinski definition) is 0. The molecule has 188 valence electrons. The molecule has 2 fully saturated rings. The molecule has 0 aromatic heterocycles. The van der Waals surface area contributed by atoms with Crippen LogP contribution in [0.3, 0.4) is 0 Å². The van der Waals surface area contributed by atoms with Gasteiger partial charge in [0.15, 0.2) is 0 Å². The highest BCUT2D eigenvalue weighted by atomic mass is 35.5. The van der Waals surface area contributed by atoms with E-state index in [2.05, 4.69) is 65.2 Å². The van der Waals surface area contributed by atoms with Crippen molar-refractivity contribution in [2.45, 2.75) is 39.7 Å². The fourth-order valence-corrected chi connectivity index (χ4v) is 5.44. The summed E-state index contributed by atoms with van der Waals surface area (Å²) in [6, 6.07) is 16.4. The van der Waals surface area contributed by atoms with Crippen molar-refractivity contribution in [1.29, 1.82) is 0 Å². The summed E-state index contributed by atoms with van der Waals surface area (Å²) in [7, 11) is 0. The lowest BCUT2D eigenvalue weighted by molar-refractivity contribution is 0.0710. The summed E-state index contributed by atoms with van der Waals surface area (Å²) in [5.41, 5.74) is 4.65. The Labute approximate surface area is 220 Å². The number of nitrogens with zero attached hydrogens (tertiary/aromatic N) is 3. The minimum atomic E-state index is 0.383. The number of oxime groups is 1. The van der Waals surface area contributed by atoms with E-state index in [4.69, 9.17) is 28.0 Å². The first-order chi connectivity index (χ1) is 17.0. The molecule has 35 heavy (non-hydrogen) atoms. The molecule has 0 N–H and O–H groups in total. The lowest BCUT2D eigenvalue weighted by Crippen LogP contribution is -2.47. The zero-order chi connectivity index (χ0) is 24.6. The van der Waals surface area contributed by atoms with Crippen LogP contribution in [0.4, 0.5) is 0 Å². The second kappa shape index (κ2) is 12.9. The Balaban J connectivity index is 1.27. The minimum Gasteiger partial charge on any atom is -0.395 e. The van der Waals surface area contributed by atoms with Crippen LogP contribution in [0.5, 0.6) is 0 Å². The quantitative estimate of drug-likeness (QED) is 0.354. The van der Waals surface area contributed by atoms with E-state index in [1.165, 1.54) is 11.1 Å². The summed E-state index contributed by atoms with van der Waals surface area (Å²) in [6.07, 6.45) is 5.43. The number of allylic oxidation sites excluding steroid dienone is 1. The maximum atomic E-state index is 6.41. The molecule has 0 spiro atoms. The number of halogens is 2. The third-order valence-electron chi connectivity index (χ3n) is 6.98. The lowest BCUT2D eigenvalue weighted by Gasteiger charge is -2.35. The fourth-order valence-electron chi connectivity index (χ4n) is 4.98. The average molecular weight is 515 g/mol. The van der Waals surface area contributed by atoms with Crippen LogP contribution >= 0.6 is 23.2 Å². The van der Waals surface area contributed by atoms with E-state index in [9.17, 15) is 0 Å². The highest BCUT2D eigenvalue weighted by Gasteiger charge is 2.23. The summed E-state index contributed by atoms with van der Waals surface area (Å²) < 4.78 is 0. The van der Waals surface area contributed by atoms with Gasteiger partial charge >= 0.3 is 0 Å². The highest BCUT2D eigenvalue weighted by molar-refractivity contribution is 6.35. The summed E-state index contributed by atoms with van der Waals surface area (Å²) in [4.78, 5) is 11.0. The predicted molar refractivity (Wildman–Crippen MR) is 148 cm³/mol. The van der Waals surface area contributed by atoms with Gasteiger partial charge in [0, 0.05) is 61.1 Å². The first kappa shape index (κ1) is 26.2. The SMILES string of the molecule is CC(CO/N=C1/C(=C/c2ccc(Cl)cc2Cl)CCCC1C)CN1CCN(Cc2ccccc2)CC1. The molecule has 2 aliphatic rings. The van der Waals surface area contributed by atoms with Gasteiger partial charge in [-0.25, -0.2) is 0 Å². The van der Waals surface area contributed by atoms with Crippen LogP contribution in [0, 0.1) is 11.8 Å². The second-order valence-electron chi connectivity index (χ2n) is 10.1. The van der Waals surface area contributed by atoms with Gasteiger partial charge in [0.2, 0.25) is 0 Å². The summed E-state index contributed by atoms with van der Waals surface area (Å²) in [5.74, 6) is 0.811. The molecular weight excluding hydrogens is 477 g/mol. The zero-order valence-corrected chi connectivity index (χ0v) is 22.4. The van der Waals surface area contributed by atoms with Gasteiger partial charge < -0.3 is 9.74 Å². The predicted octanol–water partition coefficient (Wildman–Crippen LogP) is 7.02. The van der Waals surface area contributed by atoms with Crippen LogP contribution in [0.15, 0.2) is 59.3 Å². The first-order valence-electron chi connectivity index (χ1n) is 12.8. The van der Waals surface area contributed by atoms with E-state index >= 15 is 0 Å². The molecule has 1 saturated carbocycles. The standard InChI is InChI=1S/C29H37Cl2N3O/c1-22(19-33-13-15-34(16-14-33)20-24-8-4-3-5-9-24)21-35-32-29-23(2)7-6-10-26(29)17-25-11-12-27(30)18-28(25)31/h3-5,8-9,11-12,17-18,22-23H,6-7,10,13-16,19-21H2,1-2H3/b26-17+,32-29+. The Kier molecular flexibility index (Phi) is 9.67. The molecule has 6 heteroatoms. The molecule has 2 aromatic carbocycles. The molecule has 4 nitrogen and oxygen atoms in total. The van der Waals surface area contributed by atoms with E-state index in [-0.39, 0.29) is 0 Å². The summed E-state index contributed by atoms with van der Waals surface area (Å²) in [6.45, 7) is 11.7. The van der Waals surface area contributed by atoms with E-state index in [0.717, 1.165) is 69.8 Å². The highest BCUT2D eigenvalue weighted by Crippen LogP contribution is 2.30. The van der Waals surface area contributed by atoms with E-state index in [1.807, 2.05) is 12.1 Å². The molecule has 1 aliphatic heterocycles.